The molecule has 0 saturated heterocycles. The topological polar surface area (TPSA) is 77.3 Å². The van der Waals surface area contributed by atoms with Gasteiger partial charge in [-0.05, 0) is 39.9 Å². The average molecular weight is 839 g/mol. The minimum atomic E-state index is -0.177. The molecule has 0 saturated carbocycles. The summed E-state index contributed by atoms with van der Waals surface area (Å²) < 4.78 is 2.44. The van der Waals surface area contributed by atoms with Gasteiger partial charge in [-0.1, -0.05) is 196 Å². The van der Waals surface area contributed by atoms with Gasteiger partial charge in [-0.3, -0.25) is 0 Å². The first kappa shape index (κ1) is 37.7. The summed E-state index contributed by atoms with van der Waals surface area (Å²) in [5, 5.41) is 2.46. The van der Waals surface area contributed by atoms with E-state index in [1.807, 2.05) is 78.9 Å². The summed E-state index contributed by atoms with van der Waals surface area (Å²) in [6.07, 6.45) is 0. The van der Waals surface area contributed by atoms with Crippen LogP contribution < -0.4 is 0 Å². The van der Waals surface area contributed by atoms with Crippen molar-refractivity contribution in [3.63, 3.8) is 0 Å². The molecule has 0 radical (unpaired) electrons. The summed E-state index contributed by atoms with van der Waals surface area (Å²) >= 11 is 1.81. The number of rotatable bonds is 7. The number of hydrogen-bond donors (Lipinski definition) is 0. The van der Waals surface area contributed by atoms with Gasteiger partial charge < -0.3 is 0 Å². The molecule has 6 nitrogen and oxygen atoms in total. The second kappa shape index (κ2) is 15.1. The molecule has 11 aromatic rings. The van der Waals surface area contributed by atoms with E-state index >= 15 is 0 Å². The van der Waals surface area contributed by atoms with Gasteiger partial charge in [0.2, 0.25) is 0 Å². The summed E-state index contributed by atoms with van der Waals surface area (Å²) in [6, 6.07) is 67.3. The summed E-state index contributed by atoms with van der Waals surface area (Å²) in [4.78, 5) is 31.4. The molecule has 1 aliphatic rings. The zero-order chi connectivity index (χ0) is 42.8. The molecular formula is C57H38N6S. The Morgan fingerprint density at radius 1 is 0.328 bits per heavy atom. The van der Waals surface area contributed by atoms with Crippen LogP contribution in [0.4, 0.5) is 0 Å². The van der Waals surface area contributed by atoms with Crippen molar-refractivity contribution in [2.45, 2.75) is 19.3 Å². The van der Waals surface area contributed by atoms with Crippen molar-refractivity contribution in [1.29, 1.82) is 0 Å². The molecule has 0 aliphatic heterocycles. The highest BCUT2D eigenvalue weighted by Gasteiger charge is 2.37. The van der Waals surface area contributed by atoms with Crippen LogP contribution in [-0.2, 0) is 5.41 Å². The molecule has 1 aliphatic carbocycles. The van der Waals surface area contributed by atoms with Gasteiger partial charge in [0.1, 0.15) is 0 Å². The van der Waals surface area contributed by atoms with Crippen molar-refractivity contribution in [3.8, 4) is 90.6 Å². The third-order valence-electron chi connectivity index (χ3n) is 12.4. The standard InChI is InChI=1S/C57H38N6S/c1-57(2)46-29-14-12-25-43(46)49-44(28-17-30-47(49)57)55-60-53(37-22-10-5-11-23-37)59-54(63-55)38-32-33-39(41-26-16-27-42-40-24-13-15-31-48(40)64-50(41)42)45(34-38)56-61-51(35-18-6-3-7-19-35)58-52(62-56)36-20-8-4-9-21-36/h3-34H,1-2H3. The number of benzene rings is 8. The van der Waals surface area contributed by atoms with Gasteiger partial charge >= 0.3 is 0 Å². The second-order valence-corrected chi connectivity index (χ2v) is 17.7. The van der Waals surface area contributed by atoms with Crippen LogP contribution in [0, 0.1) is 0 Å². The van der Waals surface area contributed by atoms with Gasteiger partial charge in [0.05, 0.1) is 0 Å². The van der Waals surface area contributed by atoms with Gasteiger partial charge in [-0.25, -0.2) is 29.9 Å². The normalized spacial score (nSPS) is 12.7. The lowest BCUT2D eigenvalue weighted by molar-refractivity contribution is 0.660. The Morgan fingerprint density at radius 3 is 1.45 bits per heavy atom. The minimum Gasteiger partial charge on any atom is -0.208 e. The highest BCUT2D eigenvalue weighted by atomic mass is 32.1. The fourth-order valence-electron chi connectivity index (χ4n) is 9.27. The molecule has 0 bridgehead atoms. The van der Waals surface area contributed by atoms with Gasteiger partial charge in [0.15, 0.2) is 34.9 Å². The molecule has 0 N–H and O–H groups in total. The molecule has 0 fully saturated rings. The molecule has 0 atom stereocenters. The molecule has 0 amide bonds. The maximum absolute atomic E-state index is 5.37. The average Bonchev–Trinajstić information content (AvgIpc) is 3.86. The molecule has 7 heteroatoms. The third kappa shape index (κ3) is 6.31. The number of hydrogen-bond acceptors (Lipinski definition) is 7. The largest absolute Gasteiger partial charge is 0.208 e. The first-order valence-corrected chi connectivity index (χ1v) is 22.3. The molecule has 64 heavy (non-hydrogen) atoms. The van der Waals surface area contributed by atoms with E-state index in [-0.39, 0.29) is 5.41 Å². The predicted octanol–water partition coefficient (Wildman–Crippen LogP) is 14.4. The number of nitrogens with zero attached hydrogens (tertiary/aromatic N) is 6. The Morgan fingerprint density at radius 2 is 0.797 bits per heavy atom. The van der Waals surface area contributed by atoms with Crippen LogP contribution in [0.25, 0.3) is 111 Å². The maximum atomic E-state index is 5.37. The SMILES string of the molecule is CC1(C)c2ccccc2-c2c(-c3nc(-c4ccccc4)nc(-c4ccc(-c5cccc6c5sc5ccccc56)c(-c5nc(-c6ccccc6)nc(-c6ccccc6)n5)c4)n3)cccc21. The third-order valence-corrected chi connectivity index (χ3v) is 13.6. The van der Waals surface area contributed by atoms with Gasteiger partial charge in [-0.15, -0.1) is 11.3 Å². The van der Waals surface area contributed by atoms with E-state index < -0.39 is 0 Å². The van der Waals surface area contributed by atoms with Gasteiger partial charge in [0.25, 0.3) is 0 Å². The zero-order valence-electron chi connectivity index (χ0n) is 35.1. The summed E-state index contributed by atoms with van der Waals surface area (Å²) in [5.74, 6) is 3.51. The molecule has 3 aromatic heterocycles. The van der Waals surface area contributed by atoms with Crippen LogP contribution in [-0.4, -0.2) is 29.9 Å². The van der Waals surface area contributed by atoms with Crippen molar-refractivity contribution in [1.82, 2.24) is 29.9 Å². The number of fused-ring (bicyclic) bond motifs is 6. The zero-order valence-corrected chi connectivity index (χ0v) is 35.9. The lowest BCUT2D eigenvalue weighted by Gasteiger charge is -2.21. The molecule has 3 heterocycles. The second-order valence-electron chi connectivity index (χ2n) is 16.7. The Kier molecular flexibility index (Phi) is 8.91. The highest BCUT2D eigenvalue weighted by molar-refractivity contribution is 7.26. The monoisotopic (exact) mass is 838 g/mol. The smallest absolute Gasteiger partial charge is 0.164 e. The number of thiophene rings is 1. The minimum absolute atomic E-state index is 0.177. The van der Waals surface area contributed by atoms with E-state index in [9.17, 15) is 0 Å². The Bertz CT molecular complexity index is 3530. The fourth-order valence-corrected chi connectivity index (χ4v) is 10.5. The number of aromatic nitrogens is 6. The van der Waals surface area contributed by atoms with E-state index in [1.54, 1.807) is 11.3 Å². The molecule has 8 aromatic carbocycles. The van der Waals surface area contributed by atoms with E-state index in [0.717, 1.165) is 44.5 Å². The van der Waals surface area contributed by atoms with Crippen molar-refractivity contribution in [3.05, 3.63) is 205 Å². The van der Waals surface area contributed by atoms with Crippen molar-refractivity contribution in [2.75, 3.05) is 0 Å². The Hall–Kier alpha value is -8.00. The van der Waals surface area contributed by atoms with Crippen LogP contribution in [0.2, 0.25) is 0 Å². The van der Waals surface area contributed by atoms with Gasteiger partial charge in [-0.2, -0.15) is 0 Å². The van der Waals surface area contributed by atoms with Crippen molar-refractivity contribution < 1.29 is 0 Å². The maximum Gasteiger partial charge on any atom is 0.164 e. The van der Waals surface area contributed by atoms with E-state index in [0.29, 0.717) is 34.9 Å². The van der Waals surface area contributed by atoms with Crippen LogP contribution in [0.1, 0.15) is 25.0 Å². The molecule has 302 valence electrons. The van der Waals surface area contributed by atoms with Crippen LogP contribution in [0.3, 0.4) is 0 Å². The summed E-state index contributed by atoms with van der Waals surface area (Å²) in [5.41, 5.74) is 12.2. The molecule has 12 rings (SSSR count). The first-order chi connectivity index (χ1) is 31.5. The fraction of sp³-hybridized carbons (Fsp3) is 0.0526. The van der Waals surface area contributed by atoms with Crippen molar-refractivity contribution >= 4 is 31.5 Å². The molecule has 0 spiro atoms. The lowest BCUT2D eigenvalue weighted by Crippen LogP contribution is -2.14. The van der Waals surface area contributed by atoms with Crippen molar-refractivity contribution in [2.24, 2.45) is 0 Å². The summed E-state index contributed by atoms with van der Waals surface area (Å²) in [7, 11) is 0. The lowest BCUT2D eigenvalue weighted by atomic mass is 9.82. The van der Waals surface area contributed by atoms with Crippen LogP contribution in [0.5, 0.6) is 0 Å². The molecular weight excluding hydrogens is 801 g/mol. The van der Waals surface area contributed by atoms with E-state index in [4.69, 9.17) is 29.9 Å². The van der Waals surface area contributed by atoms with Crippen LogP contribution >= 0.6 is 11.3 Å². The van der Waals surface area contributed by atoms with Crippen LogP contribution in [0.15, 0.2) is 194 Å². The quantitative estimate of drug-likeness (QED) is 0.159. The van der Waals surface area contributed by atoms with E-state index in [2.05, 4.69) is 129 Å². The summed E-state index contributed by atoms with van der Waals surface area (Å²) in [6.45, 7) is 4.59. The molecule has 0 unspecified atom stereocenters. The Balaban J connectivity index is 1.12. The van der Waals surface area contributed by atoms with E-state index in [1.165, 1.54) is 42.4 Å². The first-order valence-electron chi connectivity index (χ1n) is 21.5. The highest BCUT2D eigenvalue weighted by Crippen LogP contribution is 2.52. The predicted molar refractivity (Wildman–Crippen MR) is 262 cm³/mol. The van der Waals surface area contributed by atoms with Gasteiger partial charge in [0, 0.05) is 64.5 Å². The Labute approximate surface area is 374 Å².